The van der Waals surface area contributed by atoms with Gasteiger partial charge in [0.05, 0.1) is 26.7 Å². The highest BCUT2D eigenvalue weighted by Gasteiger charge is 2.20. The summed E-state index contributed by atoms with van der Waals surface area (Å²) in [6, 6.07) is 19.4. The van der Waals surface area contributed by atoms with E-state index in [0.717, 1.165) is 0 Å². The second-order valence-corrected chi connectivity index (χ2v) is 9.55. The summed E-state index contributed by atoms with van der Waals surface area (Å²) >= 11 is 6.09. The molecule has 3 aromatic carbocycles. The average Bonchev–Trinajstić information content (AvgIpc) is 2.79. The first-order valence-corrected chi connectivity index (χ1v) is 11.8. The van der Waals surface area contributed by atoms with Crippen LogP contribution in [-0.4, -0.2) is 18.9 Å². The number of benzene rings is 3. The minimum Gasteiger partial charge on any atom is -0.322 e. The highest BCUT2D eigenvalue weighted by molar-refractivity contribution is 7.92. The first-order valence-electron chi connectivity index (χ1n) is 9.95. The van der Waals surface area contributed by atoms with Crippen LogP contribution in [0.4, 0.5) is 11.4 Å². The quantitative estimate of drug-likeness (QED) is 0.437. The number of pyridine rings is 1. The lowest BCUT2D eigenvalue weighted by molar-refractivity contribution is 0.102. The van der Waals surface area contributed by atoms with E-state index in [2.05, 4.69) is 10.0 Å². The Hall–Kier alpha value is -3.62. The molecule has 4 rings (SSSR count). The van der Waals surface area contributed by atoms with E-state index in [4.69, 9.17) is 11.6 Å². The molecule has 0 radical (unpaired) electrons. The monoisotopic (exact) mass is 481 g/mol. The molecule has 0 aliphatic heterocycles. The number of aromatic nitrogens is 1. The van der Waals surface area contributed by atoms with Crippen molar-refractivity contribution in [3.63, 3.8) is 0 Å². The highest BCUT2D eigenvalue weighted by atomic mass is 35.5. The van der Waals surface area contributed by atoms with Crippen molar-refractivity contribution in [2.45, 2.75) is 11.8 Å². The number of nitrogens with one attached hydrogen (secondary N) is 2. The molecule has 0 saturated heterocycles. The van der Waals surface area contributed by atoms with Gasteiger partial charge in [-0.15, -0.1) is 0 Å². The molecule has 0 fully saturated rings. The summed E-state index contributed by atoms with van der Waals surface area (Å²) in [5.41, 5.74) is 1.51. The molecule has 1 aromatic heterocycles. The second kappa shape index (κ2) is 8.73. The van der Waals surface area contributed by atoms with Crippen molar-refractivity contribution in [2.75, 3.05) is 10.0 Å². The number of sulfonamides is 1. The molecule has 0 aliphatic rings. The van der Waals surface area contributed by atoms with Gasteiger partial charge < -0.3 is 9.88 Å². The van der Waals surface area contributed by atoms with Crippen LogP contribution >= 0.6 is 11.6 Å². The van der Waals surface area contributed by atoms with Crippen LogP contribution in [0.25, 0.3) is 10.9 Å². The van der Waals surface area contributed by atoms with Gasteiger partial charge in [0.15, 0.2) is 0 Å². The third kappa shape index (κ3) is 4.48. The van der Waals surface area contributed by atoms with Gasteiger partial charge >= 0.3 is 0 Å². The van der Waals surface area contributed by atoms with Gasteiger partial charge in [-0.2, -0.15) is 0 Å². The number of fused-ring (bicyclic) bond motifs is 1. The molecule has 0 atom stereocenters. The van der Waals surface area contributed by atoms with E-state index in [0.29, 0.717) is 16.5 Å². The fraction of sp³-hybridized carbons (Fsp3) is 0.0833. The first kappa shape index (κ1) is 22.6. The minimum atomic E-state index is -3.98. The molecule has 0 aliphatic carbocycles. The summed E-state index contributed by atoms with van der Waals surface area (Å²) in [6.07, 6.45) is 0. The molecule has 0 spiro atoms. The average molecular weight is 482 g/mol. The number of para-hydroxylation sites is 2. The van der Waals surface area contributed by atoms with Gasteiger partial charge in [-0.1, -0.05) is 48.0 Å². The van der Waals surface area contributed by atoms with Crippen LogP contribution in [0.15, 0.2) is 82.5 Å². The number of rotatable bonds is 5. The molecule has 1 heterocycles. The van der Waals surface area contributed by atoms with Gasteiger partial charge in [0.25, 0.3) is 21.5 Å². The molecule has 4 aromatic rings. The highest BCUT2D eigenvalue weighted by Crippen LogP contribution is 2.27. The Morgan fingerprint density at radius 1 is 0.970 bits per heavy atom. The third-order valence-corrected chi connectivity index (χ3v) is 7.09. The van der Waals surface area contributed by atoms with Crippen molar-refractivity contribution in [3.8, 4) is 0 Å². The SMILES string of the molecule is Cc1ccc(NC(=O)c2cc(=O)n(C)c3ccccc23)cc1S(=O)(=O)Nc1ccccc1Cl. The van der Waals surface area contributed by atoms with E-state index in [-0.39, 0.29) is 32.4 Å². The van der Waals surface area contributed by atoms with E-state index in [1.54, 1.807) is 74.6 Å². The molecule has 168 valence electrons. The van der Waals surface area contributed by atoms with Crippen molar-refractivity contribution >= 4 is 49.8 Å². The Kier molecular flexibility index (Phi) is 5.97. The number of aryl methyl sites for hydroxylation is 2. The number of carbonyl (C=O) groups is 1. The maximum absolute atomic E-state index is 13.0. The van der Waals surface area contributed by atoms with Gasteiger partial charge in [-0.3, -0.25) is 14.3 Å². The molecule has 0 bridgehead atoms. The number of hydrogen-bond donors (Lipinski definition) is 2. The van der Waals surface area contributed by atoms with Crippen LogP contribution in [0.5, 0.6) is 0 Å². The Balaban J connectivity index is 1.69. The maximum atomic E-state index is 13.0. The van der Waals surface area contributed by atoms with Crippen molar-refractivity contribution < 1.29 is 13.2 Å². The topological polar surface area (TPSA) is 97.3 Å². The smallest absolute Gasteiger partial charge is 0.262 e. The predicted octanol–water partition coefficient (Wildman–Crippen LogP) is 4.55. The summed E-state index contributed by atoms with van der Waals surface area (Å²) in [5, 5.41) is 3.58. The van der Waals surface area contributed by atoms with Crippen LogP contribution in [-0.2, 0) is 17.1 Å². The number of anilines is 2. The van der Waals surface area contributed by atoms with E-state index < -0.39 is 15.9 Å². The lowest BCUT2D eigenvalue weighted by Gasteiger charge is -2.14. The number of carbonyl (C=O) groups excluding carboxylic acids is 1. The molecule has 2 N–H and O–H groups in total. The van der Waals surface area contributed by atoms with Gasteiger partial charge in [0.1, 0.15) is 0 Å². The molecule has 1 amide bonds. The molecule has 0 unspecified atom stereocenters. The van der Waals surface area contributed by atoms with Crippen molar-refractivity contribution in [1.29, 1.82) is 0 Å². The minimum absolute atomic E-state index is 0.00551. The van der Waals surface area contributed by atoms with Crippen molar-refractivity contribution in [3.05, 3.63) is 99.3 Å². The fourth-order valence-electron chi connectivity index (χ4n) is 3.51. The van der Waals surface area contributed by atoms with Gasteiger partial charge in [-0.05, 0) is 42.8 Å². The zero-order valence-corrected chi connectivity index (χ0v) is 19.4. The number of nitrogens with zero attached hydrogens (tertiary/aromatic N) is 1. The molecular formula is C24H20ClN3O4S. The first-order chi connectivity index (χ1) is 15.7. The van der Waals surface area contributed by atoms with Crippen molar-refractivity contribution in [2.24, 2.45) is 7.05 Å². The Morgan fingerprint density at radius 2 is 1.67 bits per heavy atom. The van der Waals surface area contributed by atoms with Gasteiger partial charge in [0, 0.05) is 24.2 Å². The molecular weight excluding hydrogens is 462 g/mol. The maximum Gasteiger partial charge on any atom is 0.262 e. The largest absolute Gasteiger partial charge is 0.322 e. The normalized spacial score (nSPS) is 11.4. The van der Waals surface area contributed by atoms with E-state index in [1.807, 2.05) is 0 Å². The van der Waals surface area contributed by atoms with E-state index in [1.165, 1.54) is 16.7 Å². The fourth-order valence-corrected chi connectivity index (χ4v) is 5.10. The molecule has 7 nitrogen and oxygen atoms in total. The third-order valence-electron chi connectivity index (χ3n) is 5.25. The zero-order valence-electron chi connectivity index (χ0n) is 17.8. The van der Waals surface area contributed by atoms with Crippen LogP contribution in [0.2, 0.25) is 5.02 Å². The van der Waals surface area contributed by atoms with E-state index in [9.17, 15) is 18.0 Å². The summed E-state index contributed by atoms with van der Waals surface area (Å²) < 4.78 is 30.0. The van der Waals surface area contributed by atoms with Gasteiger partial charge in [-0.25, -0.2) is 8.42 Å². The molecule has 33 heavy (non-hydrogen) atoms. The molecule has 9 heteroatoms. The molecule has 0 saturated carbocycles. The lowest BCUT2D eigenvalue weighted by atomic mass is 10.1. The number of halogens is 1. The zero-order chi connectivity index (χ0) is 23.8. The van der Waals surface area contributed by atoms with Crippen LogP contribution in [0, 0.1) is 6.92 Å². The van der Waals surface area contributed by atoms with Crippen molar-refractivity contribution in [1.82, 2.24) is 4.57 Å². The Morgan fingerprint density at radius 3 is 2.42 bits per heavy atom. The number of hydrogen-bond acceptors (Lipinski definition) is 4. The second-order valence-electron chi connectivity index (χ2n) is 7.49. The summed E-state index contributed by atoms with van der Waals surface area (Å²) in [7, 11) is -2.34. The van der Waals surface area contributed by atoms with Crippen LogP contribution in [0.1, 0.15) is 15.9 Å². The summed E-state index contributed by atoms with van der Waals surface area (Å²) in [6.45, 7) is 1.65. The summed E-state index contributed by atoms with van der Waals surface area (Å²) in [4.78, 5) is 25.4. The number of amides is 1. The predicted molar refractivity (Wildman–Crippen MR) is 131 cm³/mol. The Labute approximate surface area is 195 Å². The summed E-state index contributed by atoms with van der Waals surface area (Å²) in [5.74, 6) is -0.518. The van der Waals surface area contributed by atoms with Crippen LogP contribution < -0.4 is 15.6 Å². The van der Waals surface area contributed by atoms with E-state index >= 15 is 0 Å². The Bertz CT molecular complexity index is 1560. The van der Waals surface area contributed by atoms with Gasteiger partial charge in [0.2, 0.25) is 0 Å². The van der Waals surface area contributed by atoms with Crippen LogP contribution in [0.3, 0.4) is 0 Å². The standard InChI is InChI=1S/C24H20ClN3O4S/c1-15-11-12-16(13-22(15)33(31,32)27-20-9-5-4-8-19(20)25)26-24(30)18-14-23(29)28(2)21-10-6-3-7-17(18)21/h3-14,27H,1-2H3,(H,26,30). The lowest BCUT2D eigenvalue weighted by Crippen LogP contribution is -2.22.